The van der Waals surface area contributed by atoms with Crippen molar-refractivity contribution in [2.75, 3.05) is 11.4 Å². The Morgan fingerprint density at radius 3 is 3.00 bits per heavy atom. The molecule has 1 aliphatic heterocycles. The van der Waals surface area contributed by atoms with E-state index in [2.05, 4.69) is 22.9 Å². The van der Waals surface area contributed by atoms with Gasteiger partial charge in [-0.3, -0.25) is 0 Å². The summed E-state index contributed by atoms with van der Waals surface area (Å²) in [7, 11) is 0. The number of rotatable bonds is 2. The van der Waals surface area contributed by atoms with Gasteiger partial charge in [0.25, 0.3) is 0 Å². The Morgan fingerprint density at radius 1 is 1.60 bits per heavy atom. The van der Waals surface area contributed by atoms with Crippen molar-refractivity contribution in [2.24, 2.45) is 5.73 Å². The first-order valence-electron chi connectivity index (χ1n) is 5.66. The molecule has 82 valence electrons. The van der Waals surface area contributed by atoms with Gasteiger partial charge in [0.05, 0.1) is 0 Å². The maximum atomic E-state index is 5.87. The Labute approximate surface area is 91.3 Å². The van der Waals surface area contributed by atoms with Gasteiger partial charge < -0.3 is 10.6 Å². The zero-order valence-corrected chi connectivity index (χ0v) is 9.48. The van der Waals surface area contributed by atoms with Crippen LogP contribution in [0.4, 0.5) is 5.82 Å². The minimum Gasteiger partial charge on any atom is -0.354 e. The summed E-state index contributed by atoms with van der Waals surface area (Å²) in [5.41, 5.74) is 7.04. The molecule has 15 heavy (non-hydrogen) atoms. The highest BCUT2D eigenvalue weighted by Gasteiger charge is 2.21. The van der Waals surface area contributed by atoms with Crippen LogP contribution in [0.2, 0.25) is 0 Å². The summed E-state index contributed by atoms with van der Waals surface area (Å²) in [6.45, 7) is 5.39. The molecule has 0 aliphatic carbocycles. The number of nitrogens with two attached hydrogens (primary N) is 1. The fourth-order valence-corrected chi connectivity index (χ4v) is 2.15. The van der Waals surface area contributed by atoms with Gasteiger partial charge in [-0.25, -0.2) is 4.98 Å². The number of pyridine rings is 1. The second-order valence-electron chi connectivity index (χ2n) is 4.42. The van der Waals surface area contributed by atoms with Gasteiger partial charge in [0.2, 0.25) is 0 Å². The highest BCUT2D eigenvalue weighted by molar-refractivity contribution is 5.43. The van der Waals surface area contributed by atoms with E-state index in [1.165, 1.54) is 18.4 Å². The smallest absolute Gasteiger partial charge is 0.129 e. The van der Waals surface area contributed by atoms with E-state index in [1.54, 1.807) is 0 Å². The highest BCUT2D eigenvalue weighted by Crippen LogP contribution is 2.24. The molecule has 1 aromatic rings. The van der Waals surface area contributed by atoms with Crippen molar-refractivity contribution in [3.8, 4) is 0 Å². The molecule has 0 spiro atoms. The molecule has 2 atom stereocenters. The first-order valence-corrected chi connectivity index (χ1v) is 5.66. The highest BCUT2D eigenvalue weighted by atomic mass is 15.2. The van der Waals surface area contributed by atoms with Gasteiger partial charge in [0.1, 0.15) is 5.82 Å². The zero-order chi connectivity index (χ0) is 10.8. The second-order valence-corrected chi connectivity index (χ2v) is 4.42. The Bertz CT molecular complexity index is 335. The van der Waals surface area contributed by atoms with Crippen molar-refractivity contribution < 1.29 is 0 Å². The Kier molecular flexibility index (Phi) is 2.91. The molecule has 2 heterocycles. The van der Waals surface area contributed by atoms with Crippen molar-refractivity contribution >= 4 is 5.82 Å². The monoisotopic (exact) mass is 205 g/mol. The van der Waals surface area contributed by atoms with Crippen LogP contribution in [-0.2, 0) is 0 Å². The van der Waals surface area contributed by atoms with Crippen LogP contribution < -0.4 is 10.6 Å². The summed E-state index contributed by atoms with van der Waals surface area (Å²) in [6, 6.07) is 4.81. The van der Waals surface area contributed by atoms with Gasteiger partial charge in [-0.2, -0.15) is 0 Å². The minimum atomic E-state index is 0.0876. The SMILES string of the molecule is CC1CCCN1c1cc([C@@H](C)N)ccn1. The molecule has 0 aromatic carbocycles. The average Bonchev–Trinajstić information content (AvgIpc) is 2.64. The first-order chi connectivity index (χ1) is 7.18. The van der Waals surface area contributed by atoms with Gasteiger partial charge in [0, 0.05) is 24.8 Å². The van der Waals surface area contributed by atoms with E-state index in [0.29, 0.717) is 6.04 Å². The predicted octanol–water partition coefficient (Wildman–Crippen LogP) is 2.09. The van der Waals surface area contributed by atoms with Crippen molar-refractivity contribution in [1.29, 1.82) is 0 Å². The number of hydrogen-bond donors (Lipinski definition) is 1. The largest absolute Gasteiger partial charge is 0.354 e. The van der Waals surface area contributed by atoms with Crippen LogP contribution in [-0.4, -0.2) is 17.6 Å². The normalized spacial score (nSPS) is 23.1. The molecule has 2 N–H and O–H groups in total. The number of hydrogen-bond acceptors (Lipinski definition) is 3. The molecule has 1 aliphatic rings. The Balaban J connectivity index is 2.24. The summed E-state index contributed by atoms with van der Waals surface area (Å²) in [4.78, 5) is 6.79. The van der Waals surface area contributed by atoms with E-state index in [1.807, 2.05) is 19.2 Å². The van der Waals surface area contributed by atoms with E-state index in [4.69, 9.17) is 5.73 Å². The molecule has 0 radical (unpaired) electrons. The molecule has 1 saturated heterocycles. The molecule has 3 nitrogen and oxygen atoms in total. The maximum absolute atomic E-state index is 5.87. The third-order valence-electron chi connectivity index (χ3n) is 3.14. The fraction of sp³-hybridized carbons (Fsp3) is 0.583. The van der Waals surface area contributed by atoms with Crippen molar-refractivity contribution in [3.05, 3.63) is 23.9 Å². The topological polar surface area (TPSA) is 42.1 Å². The summed E-state index contributed by atoms with van der Waals surface area (Å²) >= 11 is 0. The molecule has 2 rings (SSSR count). The van der Waals surface area contributed by atoms with Crippen LogP contribution in [0.3, 0.4) is 0 Å². The van der Waals surface area contributed by atoms with Crippen molar-refractivity contribution in [1.82, 2.24) is 4.98 Å². The lowest BCUT2D eigenvalue weighted by molar-refractivity contribution is 0.724. The molecule has 1 fully saturated rings. The zero-order valence-electron chi connectivity index (χ0n) is 9.48. The van der Waals surface area contributed by atoms with E-state index < -0.39 is 0 Å². The summed E-state index contributed by atoms with van der Waals surface area (Å²) in [6.07, 6.45) is 4.40. The lowest BCUT2D eigenvalue weighted by Gasteiger charge is -2.23. The van der Waals surface area contributed by atoms with Crippen molar-refractivity contribution in [2.45, 2.75) is 38.8 Å². The molecule has 0 amide bonds. The number of nitrogens with zero attached hydrogens (tertiary/aromatic N) is 2. The third kappa shape index (κ3) is 2.12. The van der Waals surface area contributed by atoms with Gasteiger partial charge in [0.15, 0.2) is 0 Å². The summed E-state index contributed by atoms with van der Waals surface area (Å²) in [5, 5.41) is 0. The third-order valence-corrected chi connectivity index (χ3v) is 3.14. The lowest BCUT2D eigenvalue weighted by Crippen LogP contribution is -2.27. The van der Waals surface area contributed by atoms with Crippen LogP contribution >= 0.6 is 0 Å². The van der Waals surface area contributed by atoms with Crippen LogP contribution in [0.5, 0.6) is 0 Å². The van der Waals surface area contributed by atoms with E-state index in [9.17, 15) is 0 Å². The summed E-state index contributed by atoms with van der Waals surface area (Å²) in [5.74, 6) is 1.08. The van der Waals surface area contributed by atoms with Gasteiger partial charge in [-0.05, 0) is 44.4 Å². The second kappa shape index (κ2) is 4.19. The standard InChI is InChI=1S/C12H19N3/c1-9-4-3-7-15(9)12-8-11(10(2)13)5-6-14-12/h5-6,8-10H,3-4,7,13H2,1-2H3/t9?,10-/m1/s1. The van der Waals surface area contributed by atoms with Crippen LogP contribution in [0, 0.1) is 0 Å². The van der Waals surface area contributed by atoms with Gasteiger partial charge in [-0.1, -0.05) is 0 Å². The fourth-order valence-electron chi connectivity index (χ4n) is 2.15. The average molecular weight is 205 g/mol. The Hall–Kier alpha value is -1.09. The van der Waals surface area contributed by atoms with Gasteiger partial charge >= 0.3 is 0 Å². The van der Waals surface area contributed by atoms with E-state index in [-0.39, 0.29) is 6.04 Å². The summed E-state index contributed by atoms with van der Waals surface area (Å²) < 4.78 is 0. The molecular weight excluding hydrogens is 186 g/mol. The predicted molar refractivity (Wildman–Crippen MR) is 62.9 cm³/mol. The van der Waals surface area contributed by atoms with Crippen molar-refractivity contribution in [3.63, 3.8) is 0 Å². The van der Waals surface area contributed by atoms with E-state index >= 15 is 0 Å². The van der Waals surface area contributed by atoms with E-state index in [0.717, 1.165) is 12.4 Å². The van der Waals surface area contributed by atoms with Gasteiger partial charge in [-0.15, -0.1) is 0 Å². The molecular formula is C12H19N3. The number of anilines is 1. The molecule has 1 aromatic heterocycles. The molecule has 0 saturated carbocycles. The first kappa shape index (κ1) is 10.4. The maximum Gasteiger partial charge on any atom is 0.129 e. The van der Waals surface area contributed by atoms with Crippen LogP contribution in [0.1, 0.15) is 38.3 Å². The van der Waals surface area contributed by atoms with Crippen LogP contribution in [0.25, 0.3) is 0 Å². The van der Waals surface area contributed by atoms with Crippen LogP contribution in [0.15, 0.2) is 18.3 Å². The molecule has 0 bridgehead atoms. The molecule has 3 heteroatoms. The molecule has 1 unspecified atom stereocenters. The quantitative estimate of drug-likeness (QED) is 0.804. The minimum absolute atomic E-state index is 0.0876. The number of aromatic nitrogens is 1. The lowest BCUT2D eigenvalue weighted by atomic mass is 10.1. The Morgan fingerprint density at radius 2 is 2.40 bits per heavy atom.